The van der Waals surface area contributed by atoms with Gasteiger partial charge in [0.2, 0.25) is 5.91 Å². The molecule has 2 fully saturated rings. The molecule has 9 heteroatoms. The number of amides is 2. The number of hydrogen-bond donors (Lipinski definition) is 1. The lowest BCUT2D eigenvalue weighted by Gasteiger charge is -2.41. The van der Waals surface area contributed by atoms with Gasteiger partial charge in [-0.1, -0.05) is 49.8 Å². The third-order valence-electron chi connectivity index (χ3n) is 7.91. The molecule has 1 N–H and O–H groups in total. The van der Waals surface area contributed by atoms with Crippen LogP contribution in [-0.2, 0) is 23.9 Å². The molecule has 192 valence electrons. The Balaban J connectivity index is 1.69. The number of aliphatic hydroxyl groups is 1. The summed E-state index contributed by atoms with van der Waals surface area (Å²) in [5.74, 6) is -3.28. The lowest BCUT2D eigenvalue weighted by atomic mass is 9.74. The van der Waals surface area contributed by atoms with Gasteiger partial charge in [0, 0.05) is 17.3 Å². The van der Waals surface area contributed by atoms with Crippen LogP contribution >= 0.6 is 11.6 Å². The van der Waals surface area contributed by atoms with Crippen LogP contribution in [0.25, 0.3) is 0 Å². The minimum absolute atomic E-state index is 0.144. The largest absolute Gasteiger partial charge is 0.465 e. The zero-order chi connectivity index (χ0) is 25.8. The Hall–Kier alpha value is -2.68. The van der Waals surface area contributed by atoms with Crippen molar-refractivity contribution in [3.8, 4) is 0 Å². The van der Waals surface area contributed by atoms with E-state index in [0.29, 0.717) is 17.1 Å². The zero-order valence-corrected chi connectivity index (χ0v) is 21.4. The number of nitrogens with zero attached hydrogens (tertiary/aromatic N) is 2. The summed E-state index contributed by atoms with van der Waals surface area (Å²) in [5.41, 5.74) is -1.90. The fourth-order valence-corrected chi connectivity index (χ4v) is 6.38. The standard InChI is InChI=1S/C27H31ClN2O6/c1-16(2)19(15-31)30-22-24(33)29(18-9-7-17(28)8-10-18)13-6-12-27(22)20(23(30)32)21-25(34)35-14-5-4-11-26(21,3)36-27/h4,6-12,16,19-22,31H,5,13-15H2,1-3H3/t19-,20-,21+,22?,26-,27-/m0/s1. The predicted molar refractivity (Wildman–Crippen MR) is 133 cm³/mol. The van der Waals surface area contributed by atoms with Gasteiger partial charge in [0.05, 0.1) is 30.8 Å². The summed E-state index contributed by atoms with van der Waals surface area (Å²) < 4.78 is 12.2. The first-order valence-corrected chi connectivity index (χ1v) is 12.7. The molecule has 1 aromatic carbocycles. The Labute approximate surface area is 215 Å². The molecule has 0 radical (unpaired) electrons. The normalized spacial score (nSPS) is 34.6. The van der Waals surface area contributed by atoms with Crippen LogP contribution in [0.3, 0.4) is 0 Å². The summed E-state index contributed by atoms with van der Waals surface area (Å²) in [6.45, 7) is 5.69. The number of anilines is 1. The summed E-state index contributed by atoms with van der Waals surface area (Å²) >= 11 is 6.08. The monoisotopic (exact) mass is 514 g/mol. The van der Waals surface area contributed by atoms with Crippen LogP contribution < -0.4 is 4.90 Å². The Morgan fingerprint density at radius 3 is 2.47 bits per heavy atom. The number of fused-ring (bicyclic) bond motifs is 2. The number of rotatable bonds is 4. The highest BCUT2D eigenvalue weighted by molar-refractivity contribution is 6.30. The molecule has 36 heavy (non-hydrogen) atoms. The van der Waals surface area contributed by atoms with E-state index in [2.05, 4.69) is 0 Å². The summed E-state index contributed by atoms with van der Waals surface area (Å²) in [6, 6.07) is 5.20. The molecule has 0 aromatic heterocycles. The van der Waals surface area contributed by atoms with Gasteiger partial charge >= 0.3 is 5.97 Å². The van der Waals surface area contributed by atoms with Crippen LogP contribution in [0.15, 0.2) is 48.6 Å². The fraction of sp³-hybridized carbons (Fsp3) is 0.519. The smallest absolute Gasteiger partial charge is 0.313 e. The second-order valence-corrected chi connectivity index (χ2v) is 10.9. The maximum Gasteiger partial charge on any atom is 0.313 e. The number of carbonyl (C=O) groups excluding carboxylic acids is 3. The number of halogens is 1. The van der Waals surface area contributed by atoms with Crippen molar-refractivity contribution < 1.29 is 29.0 Å². The van der Waals surface area contributed by atoms with Crippen LogP contribution in [0.4, 0.5) is 5.69 Å². The van der Waals surface area contributed by atoms with Crippen molar-refractivity contribution in [3.63, 3.8) is 0 Å². The van der Waals surface area contributed by atoms with E-state index in [9.17, 15) is 19.5 Å². The number of likely N-dealkylation sites (tertiary alicyclic amines) is 1. The van der Waals surface area contributed by atoms with E-state index in [1.54, 1.807) is 42.2 Å². The van der Waals surface area contributed by atoms with Gasteiger partial charge in [-0.2, -0.15) is 0 Å². The molecule has 1 aromatic rings. The van der Waals surface area contributed by atoms with Crippen molar-refractivity contribution >= 4 is 35.1 Å². The number of carbonyl (C=O) groups is 3. The topological polar surface area (TPSA) is 96.4 Å². The highest BCUT2D eigenvalue weighted by Crippen LogP contribution is 2.58. The van der Waals surface area contributed by atoms with Crippen LogP contribution in [-0.4, -0.2) is 70.8 Å². The first kappa shape index (κ1) is 25.0. The molecule has 4 aliphatic rings. The van der Waals surface area contributed by atoms with E-state index in [4.69, 9.17) is 21.1 Å². The van der Waals surface area contributed by atoms with Gasteiger partial charge in [-0.15, -0.1) is 0 Å². The first-order chi connectivity index (χ1) is 17.1. The van der Waals surface area contributed by atoms with Crippen LogP contribution in [0.1, 0.15) is 27.2 Å². The number of cyclic esters (lactones) is 1. The lowest BCUT2D eigenvalue weighted by molar-refractivity contribution is -0.160. The number of hydrogen-bond acceptors (Lipinski definition) is 6. The molecule has 0 saturated carbocycles. The van der Waals surface area contributed by atoms with Crippen molar-refractivity contribution in [2.75, 3.05) is 24.7 Å². The van der Waals surface area contributed by atoms with Gasteiger partial charge in [0.15, 0.2) is 0 Å². The molecule has 4 aliphatic heterocycles. The third kappa shape index (κ3) is 3.61. The zero-order valence-electron chi connectivity index (χ0n) is 20.6. The quantitative estimate of drug-likeness (QED) is 0.490. The van der Waals surface area contributed by atoms with E-state index in [1.165, 1.54) is 4.90 Å². The third-order valence-corrected chi connectivity index (χ3v) is 8.16. The Bertz CT molecular complexity index is 1130. The summed E-state index contributed by atoms with van der Waals surface area (Å²) in [7, 11) is 0. The van der Waals surface area contributed by atoms with Gasteiger partial charge in [0.1, 0.15) is 17.6 Å². The van der Waals surface area contributed by atoms with Gasteiger partial charge in [-0.3, -0.25) is 14.4 Å². The fourth-order valence-electron chi connectivity index (χ4n) is 6.26. The predicted octanol–water partition coefficient (Wildman–Crippen LogP) is 2.73. The molecular weight excluding hydrogens is 484 g/mol. The van der Waals surface area contributed by atoms with E-state index in [1.807, 2.05) is 32.1 Å². The highest BCUT2D eigenvalue weighted by Gasteiger charge is 2.75. The maximum atomic E-state index is 14.3. The van der Waals surface area contributed by atoms with E-state index in [0.717, 1.165) is 0 Å². The van der Waals surface area contributed by atoms with Crippen LogP contribution in [0, 0.1) is 17.8 Å². The first-order valence-electron chi connectivity index (χ1n) is 12.4. The van der Waals surface area contributed by atoms with Crippen molar-refractivity contribution in [1.82, 2.24) is 4.90 Å². The molecule has 4 heterocycles. The molecular formula is C27H31ClN2O6. The minimum atomic E-state index is -1.40. The van der Waals surface area contributed by atoms with Crippen LogP contribution in [0.5, 0.6) is 0 Å². The van der Waals surface area contributed by atoms with Gasteiger partial charge in [0.25, 0.3) is 5.91 Å². The Kier molecular flexibility index (Phi) is 6.25. The van der Waals surface area contributed by atoms with Gasteiger partial charge in [-0.05, 0) is 43.5 Å². The molecule has 0 bridgehead atoms. The summed E-state index contributed by atoms with van der Waals surface area (Å²) in [4.78, 5) is 44.9. The van der Waals surface area contributed by atoms with Crippen LogP contribution in [0.2, 0.25) is 5.02 Å². The number of esters is 1. The van der Waals surface area contributed by atoms with Crippen molar-refractivity contribution in [1.29, 1.82) is 0 Å². The summed E-state index contributed by atoms with van der Waals surface area (Å²) in [6.07, 6.45) is 7.85. The molecule has 2 saturated heterocycles. The van der Waals surface area contributed by atoms with Crippen molar-refractivity contribution in [2.45, 2.75) is 50.5 Å². The molecule has 6 atom stereocenters. The maximum absolute atomic E-state index is 14.3. The molecule has 5 rings (SSSR count). The molecule has 0 aliphatic carbocycles. The summed E-state index contributed by atoms with van der Waals surface area (Å²) in [5, 5.41) is 10.9. The van der Waals surface area contributed by atoms with E-state index < -0.39 is 41.1 Å². The Morgan fingerprint density at radius 1 is 1.08 bits per heavy atom. The van der Waals surface area contributed by atoms with Gasteiger partial charge in [-0.25, -0.2) is 0 Å². The highest BCUT2D eigenvalue weighted by atomic mass is 35.5. The lowest BCUT2D eigenvalue weighted by Crippen LogP contribution is -2.59. The molecule has 2 amide bonds. The van der Waals surface area contributed by atoms with Crippen molar-refractivity contribution in [3.05, 3.63) is 53.6 Å². The Morgan fingerprint density at radius 2 is 1.81 bits per heavy atom. The average Bonchev–Trinajstić information content (AvgIpc) is 3.14. The van der Waals surface area contributed by atoms with Crippen molar-refractivity contribution in [2.24, 2.45) is 17.8 Å². The number of ether oxygens (including phenoxy) is 2. The number of benzene rings is 1. The second kappa shape index (κ2) is 9.01. The number of aliphatic hydroxyl groups excluding tert-OH is 1. The SMILES string of the molecule is CC(C)[C@H](CO)N1C(=O)[C@@H]2[C@@H]3C(=O)OCCC=C[C@]3(C)O[C@@]23C=CCN(c2ccc(Cl)cc2)C(=O)C13. The minimum Gasteiger partial charge on any atom is -0.465 e. The average molecular weight is 515 g/mol. The molecule has 1 spiro atoms. The molecule has 8 nitrogen and oxygen atoms in total. The van der Waals surface area contributed by atoms with Gasteiger partial charge < -0.3 is 24.4 Å². The van der Waals surface area contributed by atoms with E-state index in [-0.39, 0.29) is 37.5 Å². The second-order valence-electron chi connectivity index (χ2n) is 10.4. The van der Waals surface area contributed by atoms with E-state index >= 15 is 0 Å². The molecule has 1 unspecified atom stereocenters.